The average Bonchev–Trinajstić information content (AvgIpc) is 3.53. The average molecular weight is 526 g/mol. The SMILES string of the molecule is Cc1cc(F)c(C(=O)Nc2ccc(OC3CC3)cn2)cc1NC(=O)c1cnc(NC(=O)OC2CCC2)s1. The Kier molecular flexibility index (Phi) is 6.99. The highest BCUT2D eigenvalue weighted by molar-refractivity contribution is 7.17. The van der Waals surface area contributed by atoms with Crippen molar-refractivity contribution in [3.8, 4) is 5.75 Å². The highest BCUT2D eigenvalue weighted by Crippen LogP contribution is 2.28. The van der Waals surface area contributed by atoms with Crippen LogP contribution in [0.1, 0.15) is 57.7 Å². The van der Waals surface area contributed by atoms with Crippen LogP contribution in [0.2, 0.25) is 0 Å². The first-order valence-corrected chi connectivity index (χ1v) is 12.6. The van der Waals surface area contributed by atoms with Crippen LogP contribution in [0.5, 0.6) is 5.75 Å². The molecule has 0 spiro atoms. The molecule has 0 atom stereocenters. The summed E-state index contributed by atoms with van der Waals surface area (Å²) in [5.41, 5.74) is 0.422. The number of aryl methyl sites for hydroxylation is 1. The summed E-state index contributed by atoms with van der Waals surface area (Å²) in [6.45, 7) is 1.61. The molecule has 192 valence electrons. The van der Waals surface area contributed by atoms with Crippen LogP contribution in [0, 0.1) is 12.7 Å². The molecule has 0 unspecified atom stereocenters. The van der Waals surface area contributed by atoms with Gasteiger partial charge in [-0.15, -0.1) is 0 Å². The highest BCUT2D eigenvalue weighted by atomic mass is 32.1. The normalized spacial score (nSPS) is 14.9. The number of pyridine rings is 1. The first-order chi connectivity index (χ1) is 17.8. The van der Waals surface area contributed by atoms with Crippen molar-refractivity contribution in [3.05, 3.63) is 58.5 Å². The number of carbonyl (C=O) groups excluding carboxylic acids is 3. The zero-order valence-corrected chi connectivity index (χ0v) is 20.7. The molecule has 2 saturated carbocycles. The van der Waals surface area contributed by atoms with Crippen molar-refractivity contribution >= 4 is 45.9 Å². The van der Waals surface area contributed by atoms with E-state index in [4.69, 9.17) is 9.47 Å². The minimum Gasteiger partial charge on any atom is -0.489 e. The number of nitrogens with zero attached hydrogens (tertiary/aromatic N) is 2. The van der Waals surface area contributed by atoms with E-state index in [1.54, 1.807) is 19.1 Å². The molecule has 37 heavy (non-hydrogen) atoms. The zero-order valence-electron chi connectivity index (χ0n) is 19.9. The summed E-state index contributed by atoms with van der Waals surface area (Å²) in [6, 6.07) is 5.68. The molecule has 3 aromatic rings. The zero-order chi connectivity index (χ0) is 25.9. The van der Waals surface area contributed by atoms with Gasteiger partial charge in [0.1, 0.15) is 28.4 Å². The lowest BCUT2D eigenvalue weighted by Crippen LogP contribution is -2.27. The lowest BCUT2D eigenvalue weighted by Gasteiger charge is -2.24. The summed E-state index contributed by atoms with van der Waals surface area (Å²) >= 11 is 0.964. The van der Waals surface area contributed by atoms with Crippen molar-refractivity contribution in [1.82, 2.24) is 9.97 Å². The Morgan fingerprint density at radius 2 is 1.78 bits per heavy atom. The number of amides is 3. The van der Waals surface area contributed by atoms with E-state index in [1.807, 2.05) is 0 Å². The van der Waals surface area contributed by atoms with Gasteiger partial charge in [-0.2, -0.15) is 0 Å². The largest absolute Gasteiger partial charge is 0.489 e. The predicted molar refractivity (Wildman–Crippen MR) is 135 cm³/mol. The van der Waals surface area contributed by atoms with E-state index in [-0.39, 0.29) is 39.3 Å². The van der Waals surface area contributed by atoms with Crippen LogP contribution in [0.25, 0.3) is 0 Å². The first kappa shape index (κ1) is 24.6. The van der Waals surface area contributed by atoms with Gasteiger partial charge in [-0.25, -0.2) is 19.2 Å². The molecule has 3 N–H and O–H groups in total. The molecule has 2 heterocycles. The smallest absolute Gasteiger partial charge is 0.413 e. The lowest BCUT2D eigenvalue weighted by molar-refractivity contribution is 0.0623. The molecule has 2 fully saturated rings. The van der Waals surface area contributed by atoms with Gasteiger partial charge in [0.15, 0.2) is 5.13 Å². The number of halogens is 1. The minimum absolute atomic E-state index is 0.0768. The molecular weight excluding hydrogens is 501 g/mol. The minimum atomic E-state index is -0.740. The van der Waals surface area contributed by atoms with Crippen LogP contribution < -0.4 is 20.7 Å². The third-order valence-corrected chi connectivity index (χ3v) is 6.79. The van der Waals surface area contributed by atoms with E-state index in [2.05, 4.69) is 25.9 Å². The molecule has 1 aromatic carbocycles. The summed E-state index contributed by atoms with van der Waals surface area (Å²) in [5.74, 6) is -1.14. The van der Waals surface area contributed by atoms with E-state index in [0.29, 0.717) is 11.3 Å². The quantitative estimate of drug-likeness (QED) is 0.371. The van der Waals surface area contributed by atoms with E-state index in [0.717, 1.165) is 43.4 Å². The molecule has 3 amide bonds. The number of rotatable bonds is 8. The molecule has 2 aromatic heterocycles. The van der Waals surface area contributed by atoms with Crippen LogP contribution in [0.3, 0.4) is 0 Å². The number of hydrogen-bond acceptors (Lipinski definition) is 8. The monoisotopic (exact) mass is 525 g/mol. The van der Waals surface area contributed by atoms with Crippen LogP contribution in [0.15, 0.2) is 36.7 Å². The van der Waals surface area contributed by atoms with Crippen molar-refractivity contribution in [1.29, 1.82) is 0 Å². The maximum absolute atomic E-state index is 14.6. The van der Waals surface area contributed by atoms with Gasteiger partial charge < -0.3 is 20.1 Å². The third-order valence-electron chi connectivity index (χ3n) is 5.88. The second-order valence-electron chi connectivity index (χ2n) is 8.86. The summed E-state index contributed by atoms with van der Waals surface area (Å²) in [5, 5.41) is 7.95. The molecule has 10 nitrogen and oxygen atoms in total. The molecule has 2 aliphatic carbocycles. The molecule has 2 aliphatic rings. The fourth-order valence-electron chi connectivity index (χ4n) is 3.44. The summed E-state index contributed by atoms with van der Waals surface area (Å²) < 4.78 is 25.5. The van der Waals surface area contributed by atoms with Crippen molar-refractivity contribution in [2.75, 3.05) is 16.0 Å². The van der Waals surface area contributed by atoms with E-state index in [9.17, 15) is 18.8 Å². The molecule has 0 saturated heterocycles. The van der Waals surface area contributed by atoms with Gasteiger partial charge in [-0.05, 0) is 68.9 Å². The van der Waals surface area contributed by atoms with Crippen LogP contribution in [0.4, 0.5) is 25.8 Å². The number of aromatic nitrogens is 2. The molecule has 0 bridgehead atoms. The molecular formula is C25H24FN5O5S. The number of ether oxygens (including phenoxy) is 2. The van der Waals surface area contributed by atoms with Crippen molar-refractivity contribution in [2.24, 2.45) is 0 Å². The number of anilines is 3. The molecule has 12 heteroatoms. The fourth-order valence-corrected chi connectivity index (χ4v) is 4.14. The topological polar surface area (TPSA) is 132 Å². The van der Waals surface area contributed by atoms with Crippen molar-refractivity contribution < 1.29 is 28.2 Å². The lowest BCUT2D eigenvalue weighted by atomic mass is 9.96. The van der Waals surface area contributed by atoms with Gasteiger partial charge in [-0.3, -0.25) is 14.9 Å². The predicted octanol–water partition coefficient (Wildman–Crippen LogP) is 5.13. The number of hydrogen-bond donors (Lipinski definition) is 3. The van der Waals surface area contributed by atoms with Gasteiger partial charge in [0, 0.05) is 5.69 Å². The maximum Gasteiger partial charge on any atom is 0.413 e. The Morgan fingerprint density at radius 3 is 2.46 bits per heavy atom. The highest BCUT2D eigenvalue weighted by Gasteiger charge is 2.24. The van der Waals surface area contributed by atoms with Crippen molar-refractivity contribution in [2.45, 2.75) is 51.2 Å². The second-order valence-corrected chi connectivity index (χ2v) is 9.90. The number of nitrogens with one attached hydrogen (secondary N) is 3. The van der Waals surface area contributed by atoms with Gasteiger partial charge >= 0.3 is 6.09 Å². The Bertz CT molecular complexity index is 1340. The van der Waals surface area contributed by atoms with Crippen LogP contribution >= 0.6 is 11.3 Å². The summed E-state index contributed by atoms with van der Waals surface area (Å²) in [6.07, 6.45) is 7.08. The van der Waals surface area contributed by atoms with E-state index in [1.165, 1.54) is 24.5 Å². The van der Waals surface area contributed by atoms with E-state index < -0.39 is 23.7 Å². The number of benzene rings is 1. The fraction of sp³-hybridized carbons (Fsp3) is 0.320. The Morgan fingerprint density at radius 1 is 0.973 bits per heavy atom. The standard InChI is InChI=1S/C25H24FN5O5S/c1-13-9-18(26)17(22(32)30-21-8-7-16(11-27-21)35-15-5-6-15)10-19(13)29-23(33)20-12-28-24(37-20)31-25(34)36-14-3-2-4-14/h7-12,14-15H,2-6H2,1H3,(H,29,33)(H,27,30,32)(H,28,31,34). The first-order valence-electron chi connectivity index (χ1n) is 11.8. The molecule has 0 aliphatic heterocycles. The van der Waals surface area contributed by atoms with Crippen molar-refractivity contribution in [3.63, 3.8) is 0 Å². The number of carbonyl (C=O) groups is 3. The Balaban J connectivity index is 1.22. The molecule has 0 radical (unpaired) electrons. The second kappa shape index (κ2) is 10.5. The third kappa shape index (κ3) is 6.20. The van der Waals surface area contributed by atoms with Crippen LogP contribution in [-0.4, -0.2) is 40.1 Å². The maximum atomic E-state index is 14.6. The molecule has 5 rings (SSSR count). The van der Waals surface area contributed by atoms with Crippen LogP contribution in [-0.2, 0) is 4.74 Å². The summed E-state index contributed by atoms with van der Waals surface area (Å²) in [7, 11) is 0. The van der Waals surface area contributed by atoms with E-state index >= 15 is 0 Å². The van der Waals surface area contributed by atoms with Gasteiger partial charge in [0.05, 0.1) is 24.1 Å². The Labute approximate surface area is 215 Å². The van der Waals surface area contributed by atoms with Gasteiger partial charge in [-0.1, -0.05) is 11.3 Å². The van der Waals surface area contributed by atoms with Gasteiger partial charge in [0.2, 0.25) is 0 Å². The van der Waals surface area contributed by atoms with Gasteiger partial charge in [0.25, 0.3) is 11.8 Å². The number of thiazole rings is 1. The summed E-state index contributed by atoms with van der Waals surface area (Å²) in [4.78, 5) is 45.8. The Hall–Kier alpha value is -4.06.